The number of carbonyl (C=O) groups is 3. The first-order chi connectivity index (χ1) is 19.3. The topological polar surface area (TPSA) is 192 Å². The van der Waals surface area contributed by atoms with Crippen LogP contribution in [-0.4, -0.2) is 107 Å². The van der Waals surface area contributed by atoms with Gasteiger partial charge in [-0.1, -0.05) is 5.47 Å². The van der Waals surface area contributed by atoms with Gasteiger partial charge >= 0.3 is 0 Å². The number of benzene rings is 1. The fourth-order valence-electron chi connectivity index (χ4n) is 4.83. The van der Waals surface area contributed by atoms with Gasteiger partial charge in [0.2, 0.25) is 11.8 Å². The molecule has 3 aliphatic rings. The highest BCUT2D eigenvalue weighted by atomic mass is 19.1. The second-order valence-electron chi connectivity index (χ2n) is 9.83. The van der Waals surface area contributed by atoms with E-state index in [-0.39, 0.29) is 30.5 Å². The fourth-order valence-corrected chi connectivity index (χ4v) is 4.83. The van der Waals surface area contributed by atoms with Crippen LogP contribution in [0.25, 0.3) is 0 Å². The van der Waals surface area contributed by atoms with Gasteiger partial charge in [-0.2, -0.15) is 0 Å². The van der Waals surface area contributed by atoms with Gasteiger partial charge in [0.1, 0.15) is 27.2 Å². The minimum Gasteiger partial charge on any atom is -0.508 e. The van der Waals surface area contributed by atoms with Gasteiger partial charge in [0.05, 0.1) is 41.9 Å². The van der Waals surface area contributed by atoms with E-state index >= 15 is 0 Å². The fraction of sp³-hybridized carbons (Fsp3) is 0.400. The molecule has 7 N–H and O–H groups in total. The number of phenolic OH excluding ortho intramolecular Hbond substituents is 3. The standard InChI is InChI=1S/C25H27B2FN4O9/c1-11(26)18(34)16-13(10-32(23(16)39)25(27)3-2-15(33)30-24(25)40)22(38)29-8-12-17(28)21(37)20(36)14(19(12)35)9-31-4-6-41-7-5-31/h29,34-38H,1-10H2,(H,30,33,40)/b18-16-,22-13-. The zero-order chi connectivity index (χ0) is 30.2. The first kappa shape index (κ1) is 29.8. The molecule has 1 atom stereocenters. The van der Waals surface area contributed by atoms with Crippen molar-refractivity contribution in [2.75, 3.05) is 32.8 Å². The van der Waals surface area contributed by atoms with Crippen molar-refractivity contribution >= 4 is 33.4 Å². The SMILES string of the molecule is [B]C(=C)/C(O)=C1/C(=O)N(C2([B])CCC(=O)NC2=O)C/C1=C(/O)NCc1c(O)c(CN2CCOCC2)c(O)c(O)c1F. The number of aromatic hydroxyl groups is 3. The summed E-state index contributed by atoms with van der Waals surface area (Å²) in [6, 6.07) is 0. The highest BCUT2D eigenvalue weighted by Crippen LogP contribution is 2.42. The number of aliphatic hydroxyl groups is 2. The Balaban J connectivity index is 1.68. The number of nitrogens with zero attached hydrogens (tertiary/aromatic N) is 2. The molecule has 41 heavy (non-hydrogen) atoms. The molecule has 214 valence electrons. The molecule has 1 aromatic rings. The molecule has 0 aromatic heterocycles. The summed E-state index contributed by atoms with van der Waals surface area (Å²) in [5.74, 6) is -8.18. The maximum atomic E-state index is 14.9. The first-order valence-electron chi connectivity index (χ1n) is 12.5. The molecule has 0 aliphatic carbocycles. The van der Waals surface area contributed by atoms with Gasteiger partial charge in [-0.15, -0.1) is 6.58 Å². The molecular weight excluding hydrogens is 541 g/mol. The average Bonchev–Trinajstić information content (AvgIpc) is 3.29. The molecule has 3 amide bonds. The molecule has 0 saturated carbocycles. The summed E-state index contributed by atoms with van der Waals surface area (Å²) in [5.41, 5.74) is -3.99. The number of hydrogen-bond acceptors (Lipinski definition) is 11. The molecular formula is C25H27B2FN4O9. The molecule has 13 nitrogen and oxygen atoms in total. The van der Waals surface area contributed by atoms with E-state index in [1.54, 1.807) is 0 Å². The van der Waals surface area contributed by atoms with Crippen molar-refractivity contribution in [2.24, 2.45) is 0 Å². The van der Waals surface area contributed by atoms with Crippen LogP contribution in [0.15, 0.2) is 34.8 Å². The molecule has 1 unspecified atom stereocenters. The quantitative estimate of drug-likeness (QED) is 0.0548. The predicted molar refractivity (Wildman–Crippen MR) is 141 cm³/mol. The number of aliphatic hydroxyl groups excluding tert-OH is 2. The number of carbonyl (C=O) groups excluding carboxylic acids is 3. The lowest BCUT2D eigenvalue weighted by atomic mass is 9.70. The number of morpholine rings is 1. The second kappa shape index (κ2) is 11.4. The minimum absolute atomic E-state index is 0.0408. The third-order valence-electron chi connectivity index (χ3n) is 7.24. The molecule has 1 aromatic carbocycles. The van der Waals surface area contributed by atoms with E-state index in [1.165, 1.54) is 0 Å². The maximum absolute atomic E-state index is 14.9. The van der Waals surface area contributed by atoms with E-state index in [1.807, 2.05) is 10.2 Å². The Hall–Kier alpha value is -4.17. The zero-order valence-corrected chi connectivity index (χ0v) is 21.9. The van der Waals surface area contributed by atoms with E-state index in [4.69, 9.17) is 20.4 Å². The van der Waals surface area contributed by atoms with Crippen LogP contribution in [0.4, 0.5) is 4.39 Å². The smallest absolute Gasteiger partial charge is 0.258 e. The van der Waals surface area contributed by atoms with Crippen molar-refractivity contribution in [3.63, 3.8) is 0 Å². The van der Waals surface area contributed by atoms with Gasteiger partial charge in [-0.3, -0.25) is 24.6 Å². The highest BCUT2D eigenvalue weighted by Gasteiger charge is 2.50. The number of halogens is 1. The number of ether oxygens (including phenoxy) is 1. The highest BCUT2D eigenvalue weighted by molar-refractivity contribution is 6.33. The number of imide groups is 1. The van der Waals surface area contributed by atoms with E-state index < -0.39 is 87.6 Å². The monoisotopic (exact) mass is 568 g/mol. The molecule has 4 radical (unpaired) electrons. The van der Waals surface area contributed by atoms with Crippen molar-refractivity contribution in [3.8, 4) is 17.2 Å². The van der Waals surface area contributed by atoms with Crippen LogP contribution < -0.4 is 10.6 Å². The lowest BCUT2D eigenvalue weighted by Gasteiger charge is -2.40. The van der Waals surface area contributed by atoms with Crippen LogP contribution in [0.3, 0.4) is 0 Å². The van der Waals surface area contributed by atoms with Gasteiger partial charge < -0.3 is 40.5 Å². The summed E-state index contributed by atoms with van der Waals surface area (Å²) in [7, 11) is 11.8. The third-order valence-corrected chi connectivity index (χ3v) is 7.24. The van der Waals surface area contributed by atoms with Gasteiger partial charge in [0.15, 0.2) is 23.2 Å². The number of phenols is 3. The molecule has 0 spiro atoms. The number of rotatable bonds is 7. The minimum atomic E-state index is -2.02. The third kappa shape index (κ3) is 5.44. The first-order valence-corrected chi connectivity index (χ1v) is 12.5. The van der Waals surface area contributed by atoms with E-state index in [0.717, 1.165) is 4.90 Å². The second-order valence-corrected chi connectivity index (χ2v) is 9.83. The number of piperidine rings is 1. The van der Waals surface area contributed by atoms with Crippen LogP contribution in [-0.2, 0) is 32.2 Å². The van der Waals surface area contributed by atoms with Crippen LogP contribution in [0.2, 0.25) is 0 Å². The van der Waals surface area contributed by atoms with Crippen molar-refractivity contribution in [1.82, 2.24) is 20.4 Å². The number of allylic oxidation sites excluding steroid dienone is 1. The Labute approximate surface area is 236 Å². The van der Waals surface area contributed by atoms with Crippen LogP contribution in [0, 0.1) is 5.82 Å². The van der Waals surface area contributed by atoms with Crippen molar-refractivity contribution in [1.29, 1.82) is 0 Å². The summed E-state index contributed by atoms with van der Waals surface area (Å²) in [6.45, 7) is 3.86. The lowest BCUT2D eigenvalue weighted by molar-refractivity contribution is -0.145. The van der Waals surface area contributed by atoms with E-state index in [0.29, 0.717) is 26.3 Å². The Morgan fingerprint density at radius 3 is 2.37 bits per heavy atom. The Morgan fingerprint density at radius 2 is 1.76 bits per heavy atom. The van der Waals surface area contributed by atoms with Gasteiger partial charge in [0, 0.05) is 38.2 Å². The van der Waals surface area contributed by atoms with E-state index in [2.05, 4.69) is 11.9 Å². The normalized spacial score (nSPS) is 24.3. The van der Waals surface area contributed by atoms with Crippen LogP contribution in [0.5, 0.6) is 17.2 Å². The summed E-state index contributed by atoms with van der Waals surface area (Å²) >= 11 is 0. The van der Waals surface area contributed by atoms with Gasteiger partial charge in [-0.25, -0.2) is 4.39 Å². The average molecular weight is 568 g/mol. The molecule has 4 rings (SSSR count). The zero-order valence-electron chi connectivity index (χ0n) is 21.9. The molecule has 3 aliphatic heterocycles. The summed E-state index contributed by atoms with van der Waals surface area (Å²) in [5, 5.41) is 57.2. The Morgan fingerprint density at radius 1 is 1.10 bits per heavy atom. The number of amides is 3. The van der Waals surface area contributed by atoms with Crippen LogP contribution in [0.1, 0.15) is 24.0 Å². The van der Waals surface area contributed by atoms with Crippen molar-refractivity contribution in [2.45, 2.75) is 31.4 Å². The maximum Gasteiger partial charge on any atom is 0.258 e. The molecule has 0 bridgehead atoms. The summed E-state index contributed by atoms with van der Waals surface area (Å²) in [6.07, 6.45) is -0.431. The summed E-state index contributed by atoms with van der Waals surface area (Å²) in [4.78, 5) is 40.2. The molecule has 3 heterocycles. The molecule has 3 saturated heterocycles. The lowest BCUT2D eigenvalue weighted by Crippen LogP contribution is -2.63. The Kier molecular flexibility index (Phi) is 8.26. The Bertz CT molecular complexity index is 1390. The number of likely N-dealkylation sites (tertiary alicyclic amines) is 1. The number of nitrogens with one attached hydrogen (secondary N) is 2. The predicted octanol–water partition coefficient (Wildman–Crippen LogP) is -0.728. The summed E-state index contributed by atoms with van der Waals surface area (Å²) < 4.78 is 20.2. The van der Waals surface area contributed by atoms with Crippen LogP contribution >= 0.6 is 0 Å². The van der Waals surface area contributed by atoms with Crippen molar-refractivity contribution in [3.05, 3.63) is 51.8 Å². The molecule has 3 fully saturated rings. The van der Waals surface area contributed by atoms with Crippen molar-refractivity contribution < 1.29 is 49.0 Å². The molecule has 16 heteroatoms. The van der Waals surface area contributed by atoms with Gasteiger partial charge in [-0.05, 0) is 6.42 Å². The van der Waals surface area contributed by atoms with Gasteiger partial charge in [0.25, 0.3) is 5.91 Å². The van der Waals surface area contributed by atoms with E-state index in [9.17, 15) is 44.3 Å². The largest absolute Gasteiger partial charge is 0.508 e. The number of hydrogen-bond donors (Lipinski definition) is 7.